The zero-order valence-electron chi connectivity index (χ0n) is 11.1. The minimum Gasteiger partial charge on any atom is -0.380 e. The number of amides is 2. The zero-order valence-corrected chi connectivity index (χ0v) is 11.1. The maximum absolute atomic E-state index is 11.8. The van der Waals surface area contributed by atoms with E-state index in [0.29, 0.717) is 6.61 Å². The summed E-state index contributed by atoms with van der Waals surface area (Å²) in [6.07, 6.45) is 0. The summed E-state index contributed by atoms with van der Waals surface area (Å²) in [7, 11) is 4.66. The predicted octanol–water partition coefficient (Wildman–Crippen LogP) is 2.60. The van der Waals surface area contributed by atoms with Crippen LogP contribution in [0.3, 0.4) is 0 Å². The predicted molar refractivity (Wildman–Crippen MR) is 69.5 cm³/mol. The molecule has 0 radical (unpaired) electrons. The van der Waals surface area contributed by atoms with Crippen LogP contribution in [-0.4, -0.2) is 32.2 Å². The molecule has 1 rings (SSSR count). The van der Waals surface area contributed by atoms with Gasteiger partial charge in [0.05, 0.1) is 13.7 Å². The van der Waals surface area contributed by atoms with Crippen LogP contribution >= 0.6 is 0 Å². The van der Waals surface area contributed by atoms with Crippen molar-refractivity contribution >= 4 is 11.7 Å². The van der Waals surface area contributed by atoms with Gasteiger partial charge in [-0.15, -0.1) is 0 Å². The molecular formula is C12H18N4O2. The van der Waals surface area contributed by atoms with E-state index in [-0.39, 0.29) is 6.03 Å². The third-order valence-electron chi connectivity index (χ3n) is 2.46. The Labute approximate surface area is 107 Å². The average molecular weight is 250 g/mol. The lowest BCUT2D eigenvalue weighted by Gasteiger charge is -2.15. The molecule has 0 atom stereocenters. The SMILES string of the molecule is C/N=N\N(C)C(=O)Nc1cccc(C)c1COC. The number of urea groups is 1. The fraction of sp³-hybridized carbons (Fsp3) is 0.417. The molecule has 1 aromatic carbocycles. The van der Waals surface area contributed by atoms with Gasteiger partial charge in [0.2, 0.25) is 0 Å². The van der Waals surface area contributed by atoms with Crippen LogP contribution < -0.4 is 5.32 Å². The molecule has 2 amide bonds. The summed E-state index contributed by atoms with van der Waals surface area (Å²) in [6.45, 7) is 2.42. The fourth-order valence-electron chi connectivity index (χ4n) is 1.53. The third-order valence-corrected chi connectivity index (χ3v) is 2.46. The molecule has 0 aliphatic rings. The van der Waals surface area contributed by atoms with Gasteiger partial charge in [-0.1, -0.05) is 17.4 Å². The van der Waals surface area contributed by atoms with Crippen LogP contribution in [0.1, 0.15) is 11.1 Å². The quantitative estimate of drug-likeness (QED) is 0.659. The minimum absolute atomic E-state index is 0.344. The first kappa shape index (κ1) is 14.1. The number of carbonyl (C=O) groups excluding carboxylic acids is 1. The van der Waals surface area contributed by atoms with Crippen molar-refractivity contribution in [2.75, 3.05) is 26.5 Å². The van der Waals surface area contributed by atoms with Crippen molar-refractivity contribution in [3.63, 3.8) is 0 Å². The highest BCUT2D eigenvalue weighted by Gasteiger charge is 2.11. The van der Waals surface area contributed by atoms with E-state index in [0.717, 1.165) is 21.8 Å². The van der Waals surface area contributed by atoms with Crippen LogP contribution in [0.5, 0.6) is 0 Å². The zero-order chi connectivity index (χ0) is 13.5. The lowest BCUT2D eigenvalue weighted by molar-refractivity contribution is 0.184. The number of methoxy groups -OCH3 is 1. The second-order valence-corrected chi connectivity index (χ2v) is 3.78. The number of hydrogen-bond acceptors (Lipinski definition) is 4. The van der Waals surface area contributed by atoms with E-state index < -0.39 is 0 Å². The summed E-state index contributed by atoms with van der Waals surface area (Å²) >= 11 is 0. The van der Waals surface area contributed by atoms with Crippen molar-refractivity contribution < 1.29 is 9.53 Å². The first-order chi connectivity index (χ1) is 8.60. The lowest BCUT2D eigenvalue weighted by Crippen LogP contribution is -2.27. The summed E-state index contributed by atoms with van der Waals surface area (Å²) in [5, 5.41) is 11.1. The molecule has 0 fully saturated rings. The second-order valence-electron chi connectivity index (χ2n) is 3.78. The van der Waals surface area contributed by atoms with Crippen LogP contribution in [0.15, 0.2) is 28.5 Å². The van der Waals surface area contributed by atoms with E-state index in [4.69, 9.17) is 4.74 Å². The Balaban J connectivity index is 2.90. The van der Waals surface area contributed by atoms with Crippen molar-refractivity contribution in [3.8, 4) is 0 Å². The van der Waals surface area contributed by atoms with Crippen LogP contribution in [0.2, 0.25) is 0 Å². The number of hydrogen-bond donors (Lipinski definition) is 1. The maximum Gasteiger partial charge on any atom is 0.343 e. The first-order valence-corrected chi connectivity index (χ1v) is 5.52. The topological polar surface area (TPSA) is 66.3 Å². The summed E-state index contributed by atoms with van der Waals surface area (Å²) in [4.78, 5) is 11.8. The van der Waals surface area contributed by atoms with Gasteiger partial charge in [-0.05, 0) is 18.6 Å². The number of anilines is 1. The van der Waals surface area contributed by atoms with Gasteiger partial charge in [-0.3, -0.25) is 0 Å². The molecule has 6 nitrogen and oxygen atoms in total. The molecular weight excluding hydrogens is 232 g/mol. The average Bonchev–Trinajstić information content (AvgIpc) is 2.34. The van der Waals surface area contributed by atoms with Crippen molar-refractivity contribution in [2.45, 2.75) is 13.5 Å². The van der Waals surface area contributed by atoms with Gasteiger partial charge in [-0.2, -0.15) is 10.1 Å². The largest absolute Gasteiger partial charge is 0.380 e. The Morgan fingerprint density at radius 2 is 2.22 bits per heavy atom. The number of aryl methyl sites for hydroxylation is 1. The summed E-state index contributed by atoms with van der Waals surface area (Å²) in [6, 6.07) is 5.34. The Morgan fingerprint density at radius 1 is 1.50 bits per heavy atom. The fourth-order valence-corrected chi connectivity index (χ4v) is 1.53. The monoisotopic (exact) mass is 250 g/mol. The van der Waals surface area contributed by atoms with Gasteiger partial charge in [0.25, 0.3) is 0 Å². The van der Waals surface area contributed by atoms with Crippen LogP contribution in [0.4, 0.5) is 10.5 Å². The van der Waals surface area contributed by atoms with Crippen molar-refractivity contribution in [2.24, 2.45) is 10.3 Å². The highest BCUT2D eigenvalue weighted by molar-refractivity contribution is 5.89. The molecule has 1 aromatic rings. The van der Waals surface area contributed by atoms with Crippen molar-refractivity contribution in [1.29, 1.82) is 0 Å². The van der Waals surface area contributed by atoms with Crippen molar-refractivity contribution in [1.82, 2.24) is 5.01 Å². The molecule has 0 aromatic heterocycles. The van der Waals surface area contributed by atoms with Gasteiger partial charge >= 0.3 is 6.03 Å². The molecule has 98 valence electrons. The summed E-state index contributed by atoms with van der Waals surface area (Å²) < 4.78 is 5.13. The van der Waals surface area contributed by atoms with Gasteiger partial charge < -0.3 is 10.1 Å². The molecule has 0 aliphatic carbocycles. The minimum atomic E-state index is -0.344. The number of ether oxygens (including phenoxy) is 1. The lowest BCUT2D eigenvalue weighted by atomic mass is 10.1. The highest BCUT2D eigenvalue weighted by atomic mass is 16.5. The van der Waals surface area contributed by atoms with Crippen LogP contribution in [0, 0.1) is 6.92 Å². The molecule has 18 heavy (non-hydrogen) atoms. The molecule has 0 aliphatic heterocycles. The van der Waals surface area contributed by atoms with Crippen molar-refractivity contribution in [3.05, 3.63) is 29.3 Å². The number of rotatable bonds is 4. The van der Waals surface area contributed by atoms with Gasteiger partial charge in [0.1, 0.15) is 0 Å². The molecule has 0 heterocycles. The normalized spacial score (nSPS) is 10.7. The molecule has 0 spiro atoms. The van der Waals surface area contributed by atoms with E-state index in [1.54, 1.807) is 7.11 Å². The molecule has 0 saturated carbocycles. The van der Waals surface area contributed by atoms with Gasteiger partial charge in [0, 0.05) is 25.4 Å². The van der Waals surface area contributed by atoms with E-state index >= 15 is 0 Å². The number of nitrogens with zero attached hydrogens (tertiary/aromatic N) is 3. The van der Waals surface area contributed by atoms with Crippen LogP contribution in [0.25, 0.3) is 0 Å². The van der Waals surface area contributed by atoms with E-state index in [9.17, 15) is 4.79 Å². The molecule has 0 unspecified atom stereocenters. The Kier molecular flexibility index (Phi) is 5.26. The van der Waals surface area contributed by atoms with E-state index in [1.165, 1.54) is 14.1 Å². The molecule has 0 bridgehead atoms. The molecule has 0 saturated heterocycles. The van der Waals surface area contributed by atoms with E-state index in [1.807, 2.05) is 25.1 Å². The summed E-state index contributed by atoms with van der Waals surface area (Å²) in [5.74, 6) is 0. The first-order valence-electron chi connectivity index (χ1n) is 5.52. The smallest absolute Gasteiger partial charge is 0.343 e. The highest BCUT2D eigenvalue weighted by Crippen LogP contribution is 2.20. The molecule has 6 heteroatoms. The standard InChI is InChI=1S/C12H18N4O2/c1-9-6-5-7-11(10(9)8-18-4)14-12(17)16(3)15-13-2/h5-7H,8H2,1-4H3,(H,14,17)/b15-13-. The van der Waals surface area contributed by atoms with Gasteiger partial charge in [-0.25, -0.2) is 4.79 Å². The van der Waals surface area contributed by atoms with Gasteiger partial charge in [0.15, 0.2) is 0 Å². The Hall–Kier alpha value is -1.95. The second kappa shape index (κ2) is 6.70. The third kappa shape index (κ3) is 3.53. The summed E-state index contributed by atoms with van der Waals surface area (Å²) in [5.41, 5.74) is 2.74. The maximum atomic E-state index is 11.8. The number of nitrogens with one attached hydrogen (secondary N) is 1. The Bertz CT molecular complexity index is 446. The number of benzene rings is 1. The molecule has 1 N–H and O–H groups in total. The van der Waals surface area contributed by atoms with E-state index in [2.05, 4.69) is 15.7 Å². The Morgan fingerprint density at radius 3 is 2.83 bits per heavy atom. The number of carbonyl (C=O) groups is 1. The van der Waals surface area contributed by atoms with Crippen LogP contribution in [-0.2, 0) is 11.3 Å².